The van der Waals surface area contributed by atoms with Crippen molar-refractivity contribution in [2.45, 2.75) is 25.2 Å². The van der Waals surface area contributed by atoms with E-state index in [0.717, 1.165) is 6.07 Å². The predicted molar refractivity (Wildman–Crippen MR) is 110 cm³/mol. The number of carbonyl (C=O) groups is 1. The fourth-order valence-electron chi connectivity index (χ4n) is 4.06. The van der Waals surface area contributed by atoms with E-state index in [2.05, 4.69) is 19.9 Å². The first-order valence-corrected chi connectivity index (χ1v) is 10.5. The summed E-state index contributed by atoms with van der Waals surface area (Å²) in [6.07, 6.45) is 1.33. The molecule has 2 atom stereocenters. The summed E-state index contributed by atoms with van der Waals surface area (Å²) in [5.74, 6) is -0.458. The Bertz CT molecular complexity index is 1240. The fourth-order valence-corrected chi connectivity index (χ4v) is 4.46. The van der Waals surface area contributed by atoms with Crippen molar-refractivity contribution in [1.82, 2.24) is 24.6 Å². The molecule has 2 unspecified atom stereocenters. The summed E-state index contributed by atoms with van der Waals surface area (Å²) in [7, 11) is 0. The fraction of sp³-hybridized carbons (Fsp3) is 0.300. The molecule has 0 spiro atoms. The molecule has 13 heteroatoms. The minimum absolute atomic E-state index is 0.0617. The monoisotopic (exact) mass is 499 g/mol. The number of ether oxygens (including phenoxy) is 2. The van der Waals surface area contributed by atoms with E-state index in [1.807, 2.05) is 0 Å². The highest BCUT2D eigenvalue weighted by Gasteiger charge is 2.44. The molecule has 5 rings (SSSR count). The predicted octanol–water partition coefficient (Wildman–Crippen LogP) is 3.98. The number of hydrogen-bond acceptors (Lipinski definition) is 6. The Balaban J connectivity index is 1.51. The van der Waals surface area contributed by atoms with Crippen LogP contribution in [0.25, 0.3) is 11.5 Å². The number of hydrogen-bond donors (Lipinski definition) is 0. The molecule has 33 heavy (non-hydrogen) atoms. The zero-order valence-corrected chi connectivity index (χ0v) is 18.1. The van der Waals surface area contributed by atoms with E-state index in [4.69, 9.17) is 27.9 Å². The van der Waals surface area contributed by atoms with Crippen molar-refractivity contribution >= 4 is 29.1 Å². The molecule has 4 heterocycles. The standard InChI is InChI=1S/C20H14Cl2F3N5O3/c21-15-11(1-2-12(23)16(15)22)19(31)30-9-6-29-17(27-28-18(29)14(30)8-32-7-9)13-5-10(3-4-26-13)33-20(24)25/h1-5,9,14,20H,6-8H2. The van der Waals surface area contributed by atoms with Crippen molar-refractivity contribution in [3.63, 3.8) is 0 Å². The second kappa shape index (κ2) is 8.47. The van der Waals surface area contributed by atoms with Crippen LogP contribution in [-0.2, 0) is 11.3 Å². The van der Waals surface area contributed by atoms with Crippen LogP contribution in [0.5, 0.6) is 5.75 Å². The van der Waals surface area contributed by atoms with Gasteiger partial charge in [0.1, 0.15) is 23.3 Å². The minimum atomic E-state index is -2.98. The molecule has 2 aliphatic heterocycles. The van der Waals surface area contributed by atoms with Gasteiger partial charge in [0.2, 0.25) is 0 Å². The minimum Gasteiger partial charge on any atom is -0.435 e. The topological polar surface area (TPSA) is 82.4 Å². The number of nitrogens with zero attached hydrogens (tertiary/aromatic N) is 5. The number of morpholine rings is 1. The maximum atomic E-state index is 13.7. The number of rotatable bonds is 4. The second-order valence-electron chi connectivity index (χ2n) is 7.39. The van der Waals surface area contributed by atoms with Gasteiger partial charge in [0.05, 0.1) is 34.9 Å². The molecule has 1 aromatic carbocycles. The van der Waals surface area contributed by atoms with Crippen molar-refractivity contribution in [2.24, 2.45) is 0 Å². The van der Waals surface area contributed by atoms with Gasteiger partial charge >= 0.3 is 6.61 Å². The van der Waals surface area contributed by atoms with Crippen LogP contribution in [0.15, 0.2) is 30.5 Å². The Morgan fingerprint density at radius 1 is 1.18 bits per heavy atom. The molecular weight excluding hydrogens is 486 g/mol. The first-order valence-electron chi connectivity index (χ1n) is 9.73. The van der Waals surface area contributed by atoms with Gasteiger partial charge < -0.3 is 18.9 Å². The van der Waals surface area contributed by atoms with E-state index >= 15 is 0 Å². The highest BCUT2D eigenvalue weighted by atomic mass is 35.5. The average Bonchev–Trinajstić information content (AvgIpc) is 3.20. The lowest BCUT2D eigenvalue weighted by Crippen LogP contribution is -2.56. The number of aromatic nitrogens is 4. The lowest BCUT2D eigenvalue weighted by atomic mass is 10.0. The largest absolute Gasteiger partial charge is 0.435 e. The van der Waals surface area contributed by atoms with Crippen molar-refractivity contribution in [3.8, 4) is 17.3 Å². The van der Waals surface area contributed by atoms with Gasteiger partial charge in [0.15, 0.2) is 11.6 Å². The Morgan fingerprint density at radius 3 is 2.79 bits per heavy atom. The number of carbonyl (C=O) groups excluding carboxylic acids is 1. The first kappa shape index (κ1) is 21.9. The molecule has 3 aromatic rings. The summed E-state index contributed by atoms with van der Waals surface area (Å²) in [4.78, 5) is 19.2. The molecule has 2 aliphatic rings. The Kier molecular flexibility index (Phi) is 5.63. The van der Waals surface area contributed by atoms with Crippen LogP contribution in [0.2, 0.25) is 10.0 Å². The Labute approximate surface area is 194 Å². The van der Waals surface area contributed by atoms with Crippen LogP contribution in [0.3, 0.4) is 0 Å². The summed E-state index contributed by atoms with van der Waals surface area (Å²) in [6.45, 7) is -2.34. The van der Waals surface area contributed by atoms with Crippen LogP contribution in [0.1, 0.15) is 22.2 Å². The molecule has 0 N–H and O–H groups in total. The van der Waals surface area contributed by atoms with Gasteiger partial charge in [0, 0.05) is 18.8 Å². The molecule has 2 bridgehead atoms. The van der Waals surface area contributed by atoms with Gasteiger partial charge in [-0.15, -0.1) is 10.2 Å². The molecule has 0 saturated carbocycles. The average molecular weight is 500 g/mol. The normalized spacial score (nSPS) is 19.5. The van der Waals surface area contributed by atoms with E-state index in [0.29, 0.717) is 17.3 Å². The number of fused-ring (bicyclic) bond motifs is 4. The molecule has 0 radical (unpaired) electrons. The highest BCUT2D eigenvalue weighted by Crippen LogP contribution is 2.38. The third kappa shape index (κ3) is 3.79. The molecular formula is C20H14Cl2F3N5O3. The molecule has 1 saturated heterocycles. The summed E-state index contributed by atoms with van der Waals surface area (Å²) in [5, 5.41) is 7.89. The number of amides is 1. The summed E-state index contributed by atoms with van der Waals surface area (Å²) in [6, 6.07) is 3.99. The van der Waals surface area contributed by atoms with Crippen molar-refractivity contribution in [2.75, 3.05) is 13.2 Å². The first-order chi connectivity index (χ1) is 15.8. The maximum absolute atomic E-state index is 13.7. The number of benzene rings is 1. The lowest BCUT2D eigenvalue weighted by molar-refractivity contribution is -0.0569. The zero-order chi connectivity index (χ0) is 23.3. The van der Waals surface area contributed by atoms with E-state index in [9.17, 15) is 18.0 Å². The van der Waals surface area contributed by atoms with Crippen molar-refractivity contribution in [3.05, 3.63) is 57.7 Å². The number of halogens is 5. The third-order valence-corrected chi connectivity index (χ3v) is 6.33. The van der Waals surface area contributed by atoms with Crippen molar-refractivity contribution in [1.29, 1.82) is 0 Å². The van der Waals surface area contributed by atoms with Crippen LogP contribution in [0.4, 0.5) is 13.2 Å². The summed E-state index contributed by atoms with van der Waals surface area (Å²) < 4.78 is 50.8. The third-order valence-electron chi connectivity index (χ3n) is 5.47. The van der Waals surface area contributed by atoms with Crippen LogP contribution < -0.4 is 4.74 Å². The smallest absolute Gasteiger partial charge is 0.387 e. The second-order valence-corrected chi connectivity index (χ2v) is 8.15. The van der Waals surface area contributed by atoms with E-state index < -0.39 is 30.4 Å². The number of pyridine rings is 1. The van der Waals surface area contributed by atoms with Crippen LogP contribution >= 0.6 is 23.2 Å². The van der Waals surface area contributed by atoms with Crippen molar-refractivity contribution < 1.29 is 27.4 Å². The van der Waals surface area contributed by atoms with Gasteiger partial charge in [0.25, 0.3) is 5.91 Å². The van der Waals surface area contributed by atoms with Gasteiger partial charge in [-0.2, -0.15) is 8.78 Å². The Hall–Kier alpha value is -2.89. The zero-order valence-electron chi connectivity index (χ0n) is 16.6. The molecule has 8 nitrogen and oxygen atoms in total. The lowest BCUT2D eigenvalue weighted by Gasteiger charge is -2.45. The van der Waals surface area contributed by atoms with Gasteiger partial charge in [-0.3, -0.25) is 9.78 Å². The van der Waals surface area contributed by atoms with Gasteiger partial charge in [-0.25, -0.2) is 4.39 Å². The van der Waals surface area contributed by atoms with Gasteiger partial charge in [-0.1, -0.05) is 23.2 Å². The maximum Gasteiger partial charge on any atom is 0.387 e. The number of alkyl halides is 2. The molecule has 0 aliphatic carbocycles. The van der Waals surface area contributed by atoms with E-state index in [-0.39, 0.29) is 41.1 Å². The van der Waals surface area contributed by atoms with Crippen LogP contribution in [0, 0.1) is 5.82 Å². The van der Waals surface area contributed by atoms with Gasteiger partial charge in [-0.05, 0) is 18.2 Å². The SMILES string of the molecule is O=C(c1ccc(F)c(Cl)c1Cl)N1C2COCC1c1nnc(-c3cc(OC(F)F)ccn3)n1C2. The Morgan fingerprint density at radius 2 is 2.00 bits per heavy atom. The molecule has 2 aromatic heterocycles. The molecule has 1 amide bonds. The molecule has 1 fully saturated rings. The highest BCUT2D eigenvalue weighted by molar-refractivity contribution is 6.44. The quantitative estimate of drug-likeness (QED) is 0.505. The van der Waals surface area contributed by atoms with E-state index in [1.165, 1.54) is 24.4 Å². The molecule has 172 valence electrons. The van der Waals surface area contributed by atoms with Crippen LogP contribution in [-0.4, -0.2) is 56.4 Å². The summed E-state index contributed by atoms with van der Waals surface area (Å²) in [5.41, 5.74) is 0.353. The summed E-state index contributed by atoms with van der Waals surface area (Å²) >= 11 is 12.0. The van der Waals surface area contributed by atoms with E-state index in [1.54, 1.807) is 9.47 Å².